The highest BCUT2D eigenvalue weighted by molar-refractivity contribution is 5.92. The Morgan fingerprint density at radius 2 is 1.82 bits per heavy atom. The first kappa shape index (κ1) is 27.4. The van der Waals surface area contributed by atoms with Crippen LogP contribution in [0.15, 0.2) is 48.5 Å². The third kappa shape index (κ3) is 6.50. The van der Waals surface area contributed by atoms with Gasteiger partial charge in [0.25, 0.3) is 5.91 Å². The summed E-state index contributed by atoms with van der Waals surface area (Å²) in [6.07, 6.45) is -0.735. The van der Waals surface area contributed by atoms with Crippen LogP contribution in [0.4, 0.5) is 19.0 Å². The number of halogens is 3. The molecule has 1 atom stereocenters. The molecular weight excluding hydrogens is 525 g/mol. The first-order valence-corrected chi connectivity index (χ1v) is 13.1. The summed E-state index contributed by atoms with van der Waals surface area (Å²) in [7, 11) is 0. The van der Waals surface area contributed by atoms with Crippen molar-refractivity contribution in [2.45, 2.75) is 44.4 Å². The number of aromatic nitrogens is 2. The van der Waals surface area contributed by atoms with E-state index in [1.54, 1.807) is 24.3 Å². The van der Waals surface area contributed by atoms with E-state index in [2.05, 4.69) is 25.5 Å². The van der Waals surface area contributed by atoms with Crippen molar-refractivity contribution in [3.8, 4) is 22.9 Å². The van der Waals surface area contributed by atoms with Gasteiger partial charge in [0.1, 0.15) is 29.1 Å². The van der Waals surface area contributed by atoms with E-state index in [9.17, 15) is 22.8 Å². The maximum atomic E-state index is 13.4. The number of primary amides is 1. The predicted octanol–water partition coefficient (Wildman–Crippen LogP) is 4.34. The van der Waals surface area contributed by atoms with Gasteiger partial charge in [-0.1, -0.05) is 6.42 Å². The summed E-state index contributed by atoms with van der Waals surface area (Å²) in [5.41, 5.74) is 5.75. The van der Waals surface area contributed by atoms with Crippen LogP contribution in [0.1, 0.15) is 47.3 Å². The molecule has 9 nitrogen and oxygen atoms in total. The van der Waals surface area contributed by atoms with Crippen LogP contribution in [0.5, 0.6) is 11.5 Å². The molecule has 0 saturated carbocycles. The zero-order valence-electron chi connectivity index (χ0n) is 21.6. The lowest BCUT2D eigenvalue weighted by atomic mass is 10.1. The van der Waals surface area contributed by atoms with E-state index in [0.29, 0.717) is 42.1 Å². The number of benzene rings is 2. The average Bonchev–Trinajstić information content (AvgIpc) is 3.33. The van der Waals surface area contributed by atoms with Crippen LogP contribution in [0.3, 0.4) is 0 Å². The number of likely N-dealkylation sites (tertiary alicyclic amines) is 1. The van der Waals surface area contributed by atoms with Crippen LogP contribution < -0.4 is 21.1 Å². The van der Waals surface area contributed by atoms with E-state index in [0.717, 1.165) is 44.5 Å². The quantitative estimate of drug-likeness (QED) is 0.379. The molecular formula is C28H29F3N6O3. The third-order valence-corrected chi connectivity index (χ3v) is 6.92. The highest BCUT2D eigenvalue weighted by Crippen LogP contribution is 2.35. The molecule has 3 heterocycles. The van der Waals surface area contributed by atoms with Crippen LogP contribution in [-0.2, 0) is 17.5 Å². The van der Waals surface area contributed by atoms with Crippen molar-refractivity contribution in [3.63, 3.8) is 0 Å². The lowest BCUT2D eigenvalue weighted by Crippen LogP contribution is -2.30. The van der Waals surface area contributed by atoms with E-state index in [1.165, 1.54) is 12.1 Å². The number of nitrogens with one attached hydrogen (secondary N) is 2. The Hall–Kier alpha value is -4.19. The number of carbonyl (C=O) groups is 2. The molecule has 2 aliphatic rings. The van der Waals surface area contributed by atoms with Gasteiger partial charge in [-0.15, -0.1) is 0 Å². The van der Waals surface area contributed by atoms with Gasteiger partial charge in [-0.25, -0.2) is 9.97 Å². The van der Waals surface area contributed by atoms with Crippen molar-refractivity contribution < 1.29 is 27.5 Å². The number of nitrogens with zero attached hydrogens (tertiary/aromatic N) is 3. The molecule has 0 spiro atoms. The van der Waals surface area contributed by atoms with Crippen LogP contribution in [0, 0.1) is 0 Å². The molecule has 2 amide bonds. The fourth-order valence-corrected chi connectivity index (χ4v) is 4.82. The van der Waals surface area contributed by atoms with Crippen molar-refractivity contribution in [2.75, 3.05) is 25.0 Å². The fourth-order valence-electron chi connectivity index (χ4n) is 4.82. The summed E-state index contributed by atoms with van der Waals surface area (Å²) in [6, 6.07) is 11.1. The molecule has 2 fully saturated rings. The normalized spacial score (nSPS) is 17.9. The average molecular weight is 555 g/mol. The molecule has 0 bridgehead atoms. The molecule has 2 saturated heterocycles. The van der Waals surface area contributed by atoms with Gasteiger partial charge >= 0.3 is 6.18 Å². The predicted molar refractivity (Wildman–Crippen MR) is 142 cm³/mol. The molecule has 0 aliphatic carbocycles. The van der Waals surface area contributed by atoms with Gasteiger partial charge in [0.15, 0.2) is 5.82 Å². The van der Waals surface area contributed by atoms with Gasteiger partial charge in [0.2, 0.25) is 5.91 Å². The largest absolute Gasteiger partial charge is 0.457 e. The van der Waals surface area contributed by atoms with Gasteiger partial charge in [-0.3, -0.25) is 14.5 Å². The summed E-state index contributed by atoms with van der Waals surface area (Å²) in [5, 5.41) is 5.74. The minimum absolute atomic E-state index is 0.0154. The number of nitrogens with two attached hydrogens (primary N) is 1. The van der Waals surface area contributed by atoms with E-state index in [4.69, 9.17) is 10.5 Å². The Kier molecular flexibility index (Phi) is 7.88. The minimum Gasteiger partial charge on any atom is -0.457 e. The minimum atomic E-state index is -4.45. The van der Waals surface area contributed by atoms with E-state index < -0.39 is 23.7 Å². The number of alkyl halides is 3. The number of piperidine rings is 1. The van der Waals surface area contributed by atoms with Crippen LogP contribution in [0.2, 0.25) is 0 Å². The number of ether oxygens (including phenoxy) is 1. The molecule has 12 heteroatoms. The first-order chi connectivity index (χ1) is 19.2. The molecule has 1 aromatic heterocycles. The SMILES string of the molecule is NC(=O)c1cc(NC2CCNC2=O)nc(-c2ccc(Oc3ccc(C(F)(F)F)cc3CN3CCCCC3)cc2)n1. The van der Waals surface area contributed by atoms with Crippen molar-refractivity contribution in [2.24, 2.45) is 5.73 Å². The summed E-state index contributed by atoms with van der Waals surface area (Å²) >= 11 is 0. The standard InChI is InChI=1S/C28H29F3N6O3/c29-28(30,31)19-6-9-23(18(14-19)16-37-12-2-1-3-13-37)40-20-7-4-17(5-8-20)26-35-22(25(32)38)15-24(36-26)34-21-10-11-33-27(21)39/h4-9,14-15,21H,1-3,10-13,16H2,(H2,32,38)(H,33,39)(H,34,35,36). The Morgan fingerprint density at radius 1 is 1.07 bits per heavy atom. The number of amides is 2. The zero-order chi connectivity index (χ0) is 28.3. The maximum absolute atomic E-state index is 13.4. The summed E-state index contributed by atoms with van der Waals surface area (Å²) in [5.74, 6) is 0.351. The molecule has 210 valence electrons. The maximum Gasteiger partial charge on any atom is 0.416 e. The van der Waals surface area contributed by atoms with Crippen molar-refractivity contribution in [3.05, 3.63) is 65.4 Å². The summed E-state index contributed by atoms with van der Waals surface area (Å²) in [6.45, 7) is 2.56. The van der Waals surface area contributed by atoms with Gasteiger partial charge in [0, 0.05) is 30.3 Å². The van der Waals surface area contributed by atoms with Gasteiger partial charge < -0.3 is 21.1 Å². The van der Waals surface area contributed by atoms with Gasteiger partial charge in [-0.2, -0.15) is 13.2 Å². The second kappa shape index (κ2) is 11.5. The molecule has 40 heavy (non-hydrogen) atoms. The number of anilines is 1. The molecule has 5 rings (SSSR count). The number of hydrogen-bond acceptors (Lipinski definition) is 7. The smallest absolute Gasteiger partial charge is 0.416 e. The fraction of sp³-hybridized carbons (Fsp3) is 0.357. The summed E-state index contributed by atoms with van der Waals surface area (Å²) < 4.78 is 46.3. The van der Waals surface area contributed by atoms with E-state index >= 15 is 0 Å². The zero-order valence-corrected chi connectivity index (χ0v) is 21.6. The van der Waals surface area contributed by atoms with Crippen molar-refractivity contribution >= 4 is 17.6 Å². The topological polar surface area (TPSA) is 122 Å². The molecule has 4 N–H and O–H groups in total. The van der Waals surface area contributed by atoms with Crippen LogP contribution in [0.25, 0.3) is 11.4 Å². The molecule has 2 aliphatic heterocycles. The Balaban J connectivity index is 1.38. The Bertz CT molecular complexity index is 1390. The van der Waals surface area contributed by atoms with Gasteiger partial charge in [-0.05, 0) is 74.8 Å². The highest BCUT2D eigenvalue weighted by Gasteiger charge is 2.31. The molecule has 0 radical (unpaired) electrons. The number of hydrogen-bond donors (Lipinski definition) is 3. The Labute approximate surface area is 228 Å². The Morgan fingerprint density at radius 3 is 2.48 bits per heavy atom. The first-order valence-electron chi connectivity index (χ1n) is 13.1. The van der Waals surface area contributed by atoms with Crippen molar-refractivity contribution in [1.82, 2.24) is 20.2 Å². The van der Waals surface area contributed by atoms with Crippen molar-refractivity contribution in [1.29, 1.82) is 0 Å². The second-order valence-corrected chi connectivity index (χ2v) is 9.89. The third-order valence-electron chi connectivity index (χ3n) is 6.92. The van der Waals surface area contributed by atoms with Gasteiger partial charge in [0.05, 0.1) is 5.56 Å². The molecule has 2 aromatic carbocycles. The van der Waals surface area contributed by atoms with E-state index in [-0.39, 0.29) is 23.2 Å². The van der Waals surface area contributed by atoms with E-state index in [1.807, 2.05) is 0 Å². The second-order valence-electron chi connectivity index (χ2n) is 9.89. The van der Waals surface area contributed by atoms with Crippen LogP contribution in [-0.4, -0.2) is 52.4 Å². The summed E-state index contributed by atoms with van der Waals surface area (Å²) in [4.78, 5) is 34.7. The monoisotopic (exact) mass is 554 g/mol. The van der Waals surface area contributed by atoms with Crippen LogP contribution >= 0.6 is 0 Å². The number of rotatable bonds is 8. The lowest BCUT2D eigenvalue weighted by Gasteiger charge is -2.27. The lowest BCUT2D eigenvalue weighted by molar-refractivity contribution is -0.137. The molecule has 1 unspecified atom stereocenters. The highest BCUT2D eigenvalue weighted by atomic mass is 19.4. The number of carbonyl (C=O) groups excluding carboxylic acids is 2. The molecule has 3 aromatic rings.